The van der Waals surface area contributed by atoms with Gasteiger partial charge in [-0.1, -0.05) is 5.21 Å². The lowest BCUT2D eigenvalue weighted by Crippen LogP contribution is -2.57. The molecule has 140 valence electrons. The van der Waals surface area contributed by atoms with E-state index in [1.54, 1.807) is 6.20 Å². The predicted octanol–water partition coefficient (Wildman–Crippen LogP) is 0.811. The Balaban J connectivity index is 1.47. The summed E-state index contributed by atoms with van der Waals surface area (Å²) in [5, 5.41) is 11.0. The molecular formula is C17H30N6O2. The van der Waals surface area contributed by atoms with Gasteiger partial charge in [-0.15, -0.1) is 5.10 Å². The van der Waals surface area contributed by atoms with E-state index in [0.717, 1.165) is 58.8 Å². The van der Waals surface area contributed by atoms with Gasteiger partial charge in [0.25, 0.3) is 0 Å². The smallest absolute Gasteiger partial charge is 0.317 e. The summed E-state index contributed by atoms with van der Waals surface area (Å²) in [6, 6.07) is 0.0459. The van der Waals surface area contributed by atoms with Crippen molar-refractivity contribution in [2.24, 2.45) is 5.92 Å². The third-order valence-corrected chi connectivity index (χ3v) is 5.26. The van der Waals surface area contributed by atoms with Crippen LogP contribution in [0, 0.1) is 5.92 Å². The van der Waals surface area contributed by atoms with E-state index in [0.29, 0.717) is 12.5 Å². The van der Waals surface area contributed by atoms with Crippen LogP contribution in [0.15, 0.2) is 12.4 Å². The number of ether oxygens (including phenoxy) is 1. The molecule has 2 amide bonds. The number of morpholine rings is 1. The van der Waals surface area contributed by atoms with Crippen molar-refractivity contribution in [3.63, 3.8) is 0 Å². The van der Waals surface area contributed by atoms with Crippen LogP contribution in [-0.2, 0) is 11.3 Å². The van der Waals surface area contributed by atoms with Crippen molar-refractivity contribution in [3.8, 4) is 0 Å². The maximum Gasteiger partial charge on any atom is 0.317 e. The highest BCUT2D eigenvalue weighted by molar-refractivity contribution is 5.74. The van der Waals surface area contributed by atoms with E-state index < -0.39 is 0 Å². The van der Waals surface area contributed by atoms with Gasteiger partial charge in [0, 0.05) is 51.0 Å². The number of carbonyl (C=O) groups is 1. The molecule has 1 atom stereocenters. The molecule has 0 bridgehead atoms. The summed E-state index contributed by atoms with van der Waals surface area (Å²) < 4.78 is 7.28. The van der Waals surface area contributed by atoms with Crippen LogP contribution < -0.4 is 5.32 Å². The fraction of sp³-hybridized carbons (Fsp3) is 0.824. The molecule has 2 aliphatic heterocycles. The highest BCUT2D eigenvalue weighted by atomic mass is 16.5. The number of nitrogens with zero attached hydrogens (tertiary/aromatic N) is 5. The van der Waals surface area contributed by atoms with Gasteiger partial charge in [-0.05, 0) is 32.6 Å². The number of hydrogen-bond donors (Lipinski definition) is 1. The number of hydrogen-bond acceptors (Lipinski definition) is 5. The lowest BCUT2D eigenvalue weighted by atomic mass is 9.98. The average molecular weight is 350 g/mol. The monoisotopic (exact) mass is 350 g/mol. The lowest BCUT2D eigenvalue weighted by Gasteiger charge is -2.41. The van der Waals surface area contributed by atoms with E-state index in [1.165, 1.54) is 0 Å². The van der Waals surface area contributed by atoms with E-state index in [2.05, 4.69) is 34.4 Å². The Morgan fingerprint density at radius 1 is 1.32 bits per heavy atom. The second-order valence-electron chi connectivity index (χ2n) is 7.65. The van der Waals surface area contributed by atoms with Crippen LogP contribution >= 0.6 is 0 Å². The average Bonchev–Trinajstić information content (AvgIpc) is 3.14. The van der Waals surface area contributed by atoms with Crippen LogP contribution in [0.2, 0.25) is 0 Å². The van der Waals surface area contributed by atoms with Gasteiger partial charge < -0.3 is 15.0 Å². The molecule has 2 fully saturated rings. The van der Waals surface area contributed by atoms with Crippen LogP contribution in [0.4, 0.5) is 4.79 Å². The van der Waals surface area contributed by atoms with Gasteiger partial charge in [-0.3, -0.25) is 9.58 Å². The maximum absolute atomic E-state index is 12.6. The SMILES string of the molecule is CC(C)(CNC(=O)N1CCCC(Cn2ccnn2)C1)N1CCOCC1. The van der Waals surface area contributed by atoms with Crippen LogP contribution in [0.25, 0.3) is 0 Å². The van der Waals surface area contributed by atoms with Crippen molar-refractivity contribution in [2.45, 2.75) is 38.8 Å². The van der Waals surface area contributed by atoms with E-state index in [9.17, 15) is 4.79 Å². The Kier molecular flexibility index (Phi) is 5.90. The molecule has 1 aromatic rings. The normalized spacial score (nSPS) is 22.8. The standard InChI is InChI=1S/C17H30N6O2/c1-17(2,22-8-10-25-11-9-22)14-18-16(24)21-6-3-4-15(12-21)13-23-7-5-19-20-23/h5,7,15H,3-4,6,8-14H2,1-2H3,(H,18,24). The molecule has 0 radical (unpaired) electrons. The van der Waals surface area contributed by atoms with Crippen LogP contribution in [0.5, 0.6) is 0 Å². The number of nitrogens with one attached hydrogen (secondary N) is 1. The number of piperidine rings is 1. The molecule has 1 aromatic heterocycles. The minimum Gasteiger partial charge on any atom is -0.379 e. The highest BCUT2D eigenvalue weighted by Crippen LogP contribution is 2.19. The Morgan fingerprint density at radius 2 is 2.12 bits per heavy atom. The zero-order valence-corrected chi connectivity index (χ0v) is 15.4. The van der Waals surface area contributed by atoms with Gasteiger partial charge in [-0.2, -0.15) is 0 Å². The first-order chi connectivity index (χ1) is 12.0. The van der Waals surface area contributed by atoms with Crippen molar-refractivity contribution in [1.82, 2.24) is 30.1 Å². The van der Waals surface area contributed by atoms with E-state index in [1.807, 2.05) is 15.8 Å². The molecule has 3 heterocycles. The second kappa shape index (κ2) is 8.14. The molecule has 8 heteroatoms. The number of urea groups is 1. The van der Waals surface area contributed by atoms with Crippen molar-refractivity contribution < 1.29 is 9.53 Å². The number of aromatic nitrogens is 3. The van der Waals surface area contributed by atoms with Crippen molar-refractivity contribution in [3.05, 3.63) is 12.4 Å². The zero-order chi connectivity index (χ0) is 17.7. The van der Waals surface area contributed by atoms with Crippen LogP contribution in [0.3, 0.4) is 0 Å². The van der Waals surface area contributed by atoms with E-state index in [-0.39, 0.29) is 11.6 Å². The molecule has 0 aliphatic carbocycles. The van der Waals surface area contributed by atoms with Crippen LogP contribution in [-0.4, -0.2) is 82.3 Å². The van der Waals surface area contributed by atoms with Gasteiger partial charge in [0.05, 0.1) is 19.4 Å². The maximum atomic E-state index is 12.6. The quantitative estimate of drug-likeness (QED) is 0.851. The third-order valence-electron chi connectivity index (χ3n) is 5.26. The Bertz CT molecular complexity index is 541. The third kappa shape index (κ3) is 4.92. The molecule has 25 heavy (non-hydrogen) atoms. The van der Waals surface area contributed by atoms with Gasteiger partial charge in [-0.25, -0.2) is 4.79 Å². The number of likely N-dealkylation sites (tertiary alicyclic amines) is 1. The molecule has 2 saturated heterocycles. The number of carbonyl (C=O) groups excluding carboxylic acids is 1. The Labute approximate surface area is 149 Å². The molecule has 1 N–H and O–H groups in total. The van der Waals surface area contributed by atoms with Crippen molar-refractivity contribution in [1.29, 1.82) is 0 Å². The van der Waals surface area contributed by atoms with Gasteiger partial charge in [0.1, 0.15) is 0 Å². The molecule has 0 spiro atoms. The fourth-order valence-corrected chi connectivity index (χ4v) is 3.68. The number of rotatable bonds is 5. The summed E-state index contributed by atoms with van der Waals surface area (Å²) in [6.45, 7) is 10.8. The van der Waals surface area contributed by atoms with Gasteiger partial charge in [0.2, 0.25) is 0 Å². The predicted molar refractivity (Wildman–Crippen MR) is 94.2 cm³/mol. The molecule has 0 saturated carbocycles. The summed E-state index contributed by atoms with van der Waals surface area (Å²) in [7, 11) is 0. The second-order valence-corrected chi connectivity index (χ2v) is 7.65. The summed E-state index contributed by atoms with van der Waals surface area (Å²) in [6.07, 6.45) is 5.74. The first-order valence-corrected chi connectivity index (χ1v) is 9.24. The van der Waals surface area contributed by atoms with E-state index in [4.69, 9.17) is 4.74 Å². The lowest BCUT2D eigenvalue weighted by molar-refractivity contribution is -0.00915. The topological polar surface area (TPSA) is 75.5 Å². The molecule has 1 unspecified atom stereocenters. The first-order valence-electron chi connectivity index (χ1n) is 9.24. The van der Waals surface area contributed by atoms with Gasteiger partial charge in [0.15, 0.2) is 0 Å². The number of amides is 2. The minimum atomic E-state index is -0.0602. The molecular weight excluding hydrogens is 320 g/mol. The van der Waals surface area contributed by atoms with Crippen LogP contribution in [0.1, 0.15) is 26.7 Å². The zero-order valence-electron chi connectivity index (χ0n) is 15.4. The highest BCUT2D eigenvalue weighted by Gasteiger charge is 2.30. The largest absolute Gasteiger partial charge is 0.379 e. The minimum absolute atomic E-state index is 0.0459. The van der Waals surface area contributed by atoms with Crippen molar-refractivity contribution >= 4 is 6.03 Å². The molecule has 2 aliphatic rings. The summed E-state index contributed by atoms with van der Waals surface area (Å²) >= 11 is 0. The van der Waals surface area contributed by atoms with E-state index >= 15 is 0 Å². The fourth-order valence-electron chi connectivity index (χ4n) is 3.68. The Hall–Kier alpha value is -1.67. The molecule has 0 aromatic carbocycles. The Morgan fingerprint density at radius 3 is 2.84 bits per heavy atom. The summed E-state index contributed by atoms with van der Waals surface area (Å²) in [5.41, 5.74) is -0.0602. The summed E-state index contributed by atoms with van der Waals surface area (Å²) in [5.74, 6) is 0.438. The summed E-state index contributed by atoms with van der Waals surface area (Å²) in [4.78, 5) is 16.9. The molecule has 8 nitrogen and oxygen atoms in total. The van der Waals surface area contributed by atoms with Gasteiger partial charge >= 0.3 is 6.03 Å². The first kappa shape index (κ1) is 18.1. The van der Waals surface area contributed by atoms with Crippen molar-refractivity contribution in [2.75, 3.05) is 45.9 Å². The molecule has 3 rings (SSSR count).